The van der Waals surface area contributed by atoms with Crippen LogP contribution in [0.15, 0.2) is 23.1 Å². The molecule has 0 saturated heterocycles. The van der Waals surface area contributed by atoms with Gasteiger partial charge in [0.25, 0.3) is 5.69 Å². The Labute approximate surface area is 89.6 Å². The Kier molecular flexibility index (Phi) is 2.59. The lowest BCUT2D eigenvalue weighted by atomic mass is 10.3. The SMILES string of the molecule is O=C1COc2cc([N+](=O)[O-])ccc2SC1. The molecule has 0 bridgehead atoms. The van der Waals surface area contributed by atoms with Crippen molar-refractivity contribution in [3.8, 4) is 5.75 Å². The molecule has 5 nitrogen and oxygen atoms in total. The highest BCUT2D eigenvalue weighted by atomic mass is 32.2. The van der Waals surface area contributed by atoms with E-state index < -0.39 is 4.92 Å². The zero-order valence-corrected chi connectivity index (χ0v) is 8.45. The first-order chi connectivity index (χ1) is 7.16. The number of ketones is 1. The number of benzene rings is 1. The zero-order chi connectivity index (χ0) is 10.8. The van der Waals surface area contributed by atoms with E-state index in [0.29, 0.717) is 11.5 Å². The average molecular weight is 225 g/mol. The number of nitro groups is 1. The smallest absolute Gasteiger partial charge is 0.273 e. The quantitative estimate of drug-likeness (QED) is 0.537. The maximum absolute atomic E-state index is 11.1. The summed E-state index contributed by atoms with van der Waals surface area (Å²) >= 11 is 1.34. The van der Waals surface area contributed by atoms with E-state index >= 15 is 0 Å². The number of non-ortho nitro benzene ring substituents is 1. The molecule has 0 N–H and O–H groups in total. The van der Waals surface area contributed by atoms with Gasteiger partial charge in [0.2, 0.25) is 0 Å². The normalized spacial score (nSPS) is 15.1. The molecule has 0 radical (unpaired) electrons. The van der Waals surface area contributed by atoms with E-state index in [-0.39, 0.29) is 18.1 Å². The minimum atomic E-state index is -0.485. The van der Waals surface area contributed by atoms with E-state index in [0.717, 1.165) is 4.90 Å². The van der Waals surface area contributed by atoms with Crippen molar-refractivity contribution in [1.29, 1.82) is 0 Å². The molecular weight excluding hydrogens is 218 g/mol. The molecule has 0 saturated carbocycles. The first-order valence-electron chi connectivity index (χ1n) is 4.22. The molecule has 1 aliphatic rings. The highest BCUT2D eigenvalue weighted by Crippen LogP contribution is 2.34. The molecule has 0 aromatic heterocycles. The fraction of sp³-hybridized carbons (Fsp3) is 0.222. The number of thioether (sulfide) groups is 1. The van der Waals surface area contributed by atoms with Crippen molar-refractivity contribution in [3.05, 3.63) is 28.3 Å². The fourth-order valence-corrected chi connectivity index (χ4v) is 2.02. The molecule has 78 valence electrons. The molecule has 0 amide bonds. The summed E-state index contributed by atoms with van der Waals surface area (Å²) in [6.45, 7) is -0.0127. The number of nitrogens with zero attached hydrogens (tertiary/aromatic N) is 1. The van der Waals surface area contributed by atoms with E-state index in [4.69, 9.17) is 4.74 Å². The lowest BCUT2D eigenvalue weighted by molar-refractivity contribution is -0.385. The van der Waals surface area contributed by atoms with Crippen LogP contribution in [0.1, 0.15) is 0 Å². The van der Waals surface area contributed by atoms with Gasteiger partial charge in [-0.1, -0.05) is 0 Å². The topological polar surface area (TPSA) is 69.4 Å². The Hall–Kier alpha value is -1.56. The van der Waals surface area contributed by atoms with Crippen LogP contribution in [-0.4, -0.2) is 23.1 Å². The Bertz CT molecular complexity index is 432. The maximum atomic E-state index is 11.1. The van der Waals surface area contributed by atoms with E-state index in [1.807, 2.05) is 0 Å². The average Bonchev–Trinajstić information content (AvgIpc) is 2.40. The number of carbonyl (C=O) groups is 1. The number of hydrogen-bond donors (Lipinski definition) is 0. The lowest BCUT2D eigenvalue weighted by Gasteiger charge is -2.04. The third-order valence-electron chi connectivity index (χ3n) is 1.92. The van der Waals surface area contributed by atoms with E-state index in [2.05, 4.69) is 0 Å². The second-order valence-electron chi connectivity index (χ2n) is 3.00. The van der Waals surface area contributed by atoms with Crippen LogP contribution in [0.25, 0.3) is 0 Å². The van der Waals surface area contributed by atoms with Gasteiger partial charge in [0, 0.05) is 6.07 Å². The third kappa shape index (κ3) is 2.10. The largest absolute Gasteiger partial charge is 0.484 e. The van der Waals surface area contributed by atoms with Crippen molar-refractivity contribution < 1.29 is 14.5 Å². The molecule has 0 atom stereocenters. The lowest BCUT2D eigenvalue weighted by Crippen LogP contribution is -2.10. The van der Waals surface area contributed by atoms with Crippen molar-refractivity contribution in [2.24, 2.45) is 0 Å². The summed E-state index contributed by atoms with van der Waals surface area (Å²) < 4.78 is 5.18. The molecule has 0 unspecified atom stereocenters. The van der Waals surface area contributed by atoms with Gasteiger partial charge in [0.1, 0.15) is 12.4 Å². The second-order valence-corrected chi connectivity index (χ2v) is 4.02. The van der Waals surface area contributed by atoms with Gasteiger partial charge in [-0.05, 0) is 6.07 Å². The molecule has 1 aromatic carbocycles. The van der Waals surface area contributed by atoms with Crippen LogP contribution in [-0.2, 0) is 4.79 Å². The molecule has 6 heteroatoms. The summed E-state index contributed by atoms with van der Waals surface area (Å²) in [4.78, 5) is 21.9. The number of ether oxygens (including phenoxy) is 1. The number of Topliss-reactive ketones (excluding diaryl/α,β-unsaturated/α-hetero) is 1. The van der Waals surface area contributed by atoms with Crippen LogP contribution in [0, 0.1) is 10.1 Å². The van der Waals surface area contributed by atoms with Gasteiger partial charge in [0.15, 0.2) is 5.78 Å². The maximum Gasteiger partial charge on any atom is 0.273 e. The molecular formula is C9H7NO4S. The van der Waals surface area contributed by atoms with Gasteiger partial charge < -0.3 is 4.74 Å². The van der Waals surface area contributed by atoms with Gasteiger partial charge in [-0.3, -0.25) is 14.9 Å². The van der Waals surface area contributed by atoms with Crippen LogP contribution in [0.3, 0.4) is 0 Å². The Morgan fingerprint density at radius 2 is 2.27 bits per heavy atom. The van der Waals surface area contributed by atoms with Crippen LogP contribution in [0.4, 0.5) is 5.69 Å². The molecule has 15 heavy (non-hydrogen) atoms. The van der Waals surface area contributed by atoms with Crippen LogP contribution >= 0.6 is 11.8 Å². The number of hydrogen-bond acceptors (Lipinski definition) is 5. The zero-order valence-electron chi connectivity index (χ0n) is 7.63. The van der Waals surface area contributed by atoms with Crippen LogP contribution < -0.4 is 4.74 Å². The summed E-state index contributed by atoms with van der Waals surface area (Å²) in [5.74, 6) is 0.754. The van der Waals surface area contributed by atoms with Crippen molar-refractivity contribution in [2.45, 2.75) is 4.90 Å². The molecule has 1 aliphatic heterocycles. The number of rotatable bonds is 1. The molecule has 1 heterocycles. The summed E-state index contributed by atoms with van der Waals surface area (Å²) in [6, 6.07) is 4.36. The summed E-state index contributed by atoms with van der Waals surface area (Å²) in [6.07, 6.45) is 0. The van der Waals surface area contributed by atoms with Crippen LogP contribution in [0.5, 0.6) is 5.75 Å². The van der Waals surface area contributed by atoms with Crippen molar-refractivity contribution in [2.75, 3.05) is 12.4 Å². The summed E-state index contributed by atoms with van der Waals surface area (Å²) in [5.41, 5.74) is -0.0244. The van der Waals surface area contributed by atoms with Crippen molar-refractivity contribution >= 4 is 23.2 Å². The van der Waals surface area contributed by atoms with Crippen molar-refractivity contribution in [1.82, 2.24) is 0 Å². The predicted molar refractivity (Wildman–Crippen MR) is 54.3 cm³/mol. The van der Waals surface area contributed by atoms with Gasteiger partial charge in [-0.2, -0.15) is 0 Å². The monoisotopic (exact) mass is 225 g/mol. The van der Waals surface area contributed by atoms with E-state index in [1.54, 1.807) is 6.07 Å². The van der Waals surface area contributed by atoms with Crippen molar-refractivity contribution in [3.63, 3.8) is 0 Å². The molecule has 2 rings (SSSR count). The Balaban J connectivity index is 2.36. The summed E-state index contributed by atoms with van der Waals surface area (Å²) in [7, 11) is 0. The first kappa shape index (κ1) is 9.97. The molecule has 0 fully saturated rings. The van der Waals surface area contributed by atoms with E-state index in [9.17, 15) is 14.9 Å². The van der Waals surface area contributed by atoms with Gasteiger partial charge >= 0.3 is 0 Å². The minimum Gasteiger partial charge on any atom is -0.484 e. The van der Waals surface area contributed by atoms with Gasteiger partial charge in [0.05, 0.1) is 21.6 Å². The second kappa shape index (κ2) is 3.90. The van der Waals surface area contributed by atoms with Crippen LogP contribution in [0.2, 0.25) is 0 Å². The minimum absolute atomic E-state index is 0.0127. The highest BCUT2D eigenvalue weighted by molar-refractivity contribution is 8.00. The first-order valence-corrected chi connectivity index (χ1v) is 5.21. The molecule has 0 aliphatic carbocycles. The van der Waals surface area contributed by atoms with E-state index in [1.165, 1.54) is 23.9 Å². The number of nitro benzene ring substituents is 1. The van der Waals surface area contributed by atoms with Gasteiger partial charge in [-0.25, -0.2) is 0 Å². The standard InChI is InChI=1S/C9H7NO4S/c11-7-4-14-8-3-6(10(12)13)1-2-9(8)15-5-7/h1-3H,4-5H2. The van der Waals surface area contributed by atoms with Gasteiger partial charge in [-0.15, -0.1) is 11.8 Å². The Morgan fingerprint density at radius 1 is 1.47 bits per heavy atom. The number of carbonyl (C=O) groups excluding carboxylic acids is 1. The molecule has 0 spiro atoms. The summed E-state index contributed by atoms with van der Waals surface area (Å²) in [5, 5.41) is 10.5. The fourth-order valence-electron chi connectivity index (χ4n) is 1.20. The Morgan fingerprint density at radius 3 is 3.00 bits per heavy atom. The number of fused-ring (bicyclic) bond motifs is 1. The third-order valence-corrected chi connectivity index (χ3v) is 3.03. The molecule has 1 aromatic rings. The predicted octanol–water partition coefficient (Wildman–Crippen LogP) is 1.65. The highest BCUT2D eigenvalue weighted by Gasteiger charge is 2.17.